The van der Waals surface area contributed by atoms with Crippen molar-refractivity contribution in [3.8, 4) is 18.0 Å². The quantitative estimate of drug-likeness (QED) is 0.109. The molecule has 0 radical (unpaired) electrons. The maximum absolute atomic E-state index is 5.68. The minimum atomic E-state index is 0.640. The van der Waals surface area contributed by atoms with Crippen molar-refractivity contribution < 1.29 is 0 Å². The van der Waals surface area contributed by atoms with Crippen molar-refractivity contribution >= 4 is 56.4 Å². The highest BCUT2D eigenvalue weighted by molar-refractivity contribution is 6.15. The number of allylic oxidation sites excluding steroid dienone is 12. The summed E-state index contributed by atoms with van der Waals surface area (Å²) in [5.41, 5.74) is 15.7. The molecule has 1 N–H and O–H groups in total. The molecule has 2 aliphatic rings. The van der Waals surface area contributed by atoms with Gasteiger partial charge in [-0.1, -0.05) is 178 Å². The van der Waals surface area contributed by atoms with Gasteiger partial charge in [-0.3, -0.25) is 0 Å². The number of fused-ring (bicyclic) bond motifs is 3. The van der Waals surface area contributed by atoms with Crippen molar-refractivity contribution in [1.29, 1.82) is 0 Å². The second kappa shape index (κ2) is 19.7. The Morgan fingerprint density at radius 2 is 1.54 bits per heavy atom. The molecule has 0 saturated heterocycles. The molecule has 6 aromatic rings. The zero-order valence-corrected chi connectivity index (χ0v) is 33.7. The molecule has 0 unspecified atom stereocenters. The second-order valence-electron chi connectivity index (χ2n) is 13.6. The third-order valence-corrected chi connectivity index (χ3v) is 10.2. The summed E-state index contributed by atoms with van der Waals surface area (Å²) in [5.74, 6) is 2.67. The Balaban J connectivity index is 0.000000331. The lowest BCUT2D eigenvalue weighted by Gasteiger charge is -2.15. The number of rotatable bonds is 10. The molecule has 282 valence electrons. The molecular formula is C55H52N2. The SMILES string of the molecule is C#C/C=C\c1c(NC/C=C(\C=C/C)c2ccc(C3=CC=CC3)cc2)cc2c(c1C=C)c1ccccc1n2-c1ccccc1.CC.CC1=C(c2ccccc2)C=CC1. The molecule has 0 saturated carbocycles. The van der Waals surface area contributed by atoms with E-state index in [2.05, 4.69) is 194 Å². The van der Waals surface area contributed by atoms with Gasteiger partial charge in [-0.15, -0.1) is 6.42 Å². The Labute approximate surface area is 340 Å². The van der Waals surface area contributed by atoms with Crippen molar-refractivity contribution in [2.24, 2.45) is 0 Å². The van der Waals surface area contributed by atoms with Crippen LogP contribution in [0.25, 0.3) is 56.4 Å². The summed E-state index contributed by atoms with van der Waals surface area (Å²) < 4.78 is 2.33. The molecule has 8 rings (SSSR count). The molecule has 0 aliphatic heterocycles. The van der Waals surface area contributed by atoms with E-state index in [0.29, 0.717) is 6.54 Å². The number of anilines is 1. The smallest absolute Gasteiger partial charge is 0.0568 e. The Morgan fingerprint density at radius 1 is 0.825 bits per heavy atom. The largest absolute Gasteiger partial charge is 0.381 e. The van der Waals surface area contributed by atoms with Crippen LogP contribution in [0.4, 0.5) is 5.69 Å². The van der Waals surface area contributed by atoms with Gasteiger partial charge in [0.2, 0.25) is 0 Å². The van der Waals surface area contributed by atoms with Gasteiger partial charge >= 0.3 is 0 Å². The van der Waals surface area contributed by atoms with E-state index >= 15 is 0 Å². The number of benzene rings is 5. The number of terminal acetylenes is 1. The number of para-hydroxylation sites is 2. The first-order valence-electron chi connectivity index (χ1n) is 20.0. The topological polar surface area (TPSA) is 17.0 Å². The van der Waals surface area contributed by atoms with Crippen LogP contribution < -0.4 is 5.32 Å². The van der Waals surface area contributed by atoms with Crippen LogP contribution in [-0.2, 0) is 0 Å². The fourth-order valence-electron chi connectivity index (χ4n) is 7.53. The normalized spacial score (nSPS) is 13.5. The number of aromatic nitrogens is 1. The monoisotopic (exact) mass is 740 g/mol. The van der Waals surface area contributed by atoms with Gasteiger partial charge in [0, 0.05) is 34.3 Å². The van der Waals surface area contributed by atoms with Crippen LogP contribution in [0.5, 0.6) is 0 Å². The number of nitrogens with zero attached hydrogens (tertiary/aromatic N) is 1. The first-order valence-corrected chi connectivity index (χ1v) is 20.0. The van der Waals surface area contributed by atoms with Crippen molar-refractivity contribution in [3.05, 3.63) is 210 Å². The van der Waals surface area contributed by atoms with Crippen molar-refractivity contribution in [2.45, 2.75) is 40.5 Å². The van der Waals surface area contributed by atoms with Gasteiger partial charge < -0.3 is 9.88 Å². The fraction of sp³-hybridized carbons (Fsp3) is 0.127. The van der Waals surface area contributed by atoms with Crippen LogP contribution in [0.15, 0.2) is 182 Å². The van der Waals surface area contributed by atoms with Gasteiger partial charge in [0.25, 0.3) is 0 Å². The van der Waals surface area contributed by atoms with E-state index in [0.717, 1.165) is 51.8 Å². The molecule has 1 heterocycles. The molecule has 5 aromatic carbocycles. The Morgan fingerprint density at radius 3 is 2.19 bits per heavy atom. The molecule has 2 heteroatoms. The third-order valence-electron chi connectivity index (χ3n) is 10.2. The average molecular weight is 741 g/mol. The highest BCUT2D eigenvalue weighted by Crippen LogP contribution is 2.40. The van der Waals surface area contributed by atoms with E-state index in [1.807, 2.05) is 32.1 Å². The van der Waals surface area contributed by atoms with E-state index in [-0.39, 0.29) is 0 Å². The lowest BCUT2D eigenvalue weighted by Crippen LogP contribution is -2.03. The molecule has 0 bridgehead atoms. The first-order chi connectivity index (χ1) is 28.1. The average Bonchev–Trinajstić information content (AvgIpc) is 4.04. The molecule has 0 spiro atoms. The Kier molecular flexibility index (Phi) is 13.8. The maximum Gasteiger partial charge on any atom is 0.0568 e. The summed E-state index contributed by atoms with van der Waals surface area (Å²) in [6.07, 6.45) is 30.9. The van der Waals surface area contributed by atoms with Gasteiger partial charge in [0.15, 0.2) is 0 Å². The van der Waals surface area contributed by atoms with Crippen LogP contribution in [0.3, 0.4) is 0 Å². The molecule has 1 aromatic heterocycles. The minimum absolute atomic E-state index is 0.640. The van der Waals surface area contributed by atoms with E-state index < -0.39 is 0 Å². The zero-order valence-electron chi connectivity index (χ0n) is 33.7. The molecule has 0 amide bonds. The van der Waals surface area contributed by atoms with E-state index in [4.69, 9.17) is 6.42 Å². The van der Waals surface area contributed by atoms with Crippen molar-refractivity contribution in [1.82, 2.24) is 4.57 Å². The number of nitrogens with one attached hydrogen (secondary N) is 1. The van der Waals surface area contributed by atoms with Crippen LogP contribution >= 0.6 is 0 Å². The van der Waals surface area contributed by atoms with Crippen LogP contribution in [0.2, 0.25) is 0 Å². The summed E-state index contributed by atoms with van der Waals surface area (Å²) in [4.78, 5) is 0. The van der Waals surface area contributed by atoms with Crippen LogP contribution in [0.1, 0.15) is 68.4 Å². The number of hydrogen-bond acceptors (Lipinski definition) is 1. The summed E-state index contributed by atoms with van der Waals surface area (Å²) in [6, 6.07) is 40.7. The van der Waals surface area contributed by atoms with Gasteiger partial charge in [-0.05, 0) is 102 Å². The highest BCUT2D eigenvalue weighted by Gasteiger charge is 2.18. The highest BCUT2D eigenvalue weighted by atomic mass is 15.0. The van der Waals surface area contributed by atoms with E-state index in [9.17, 15) is 0 Å². The summed E-state index contributed by atoms with van der Waals surface area (Å²) in [6.45, 7) is 13.1. The zero-order chi connectivity index (χ0) is 40.0. The maximum atomic E-state index is 5.68. The van der Waals surface area contributed by atoms with Gasteiger partial charge in [-0.2, -0.15) is 0 Å². The minimum Gasteiger partial charge on any atom is -0.381 e. The van der Waals surface area contributed by atoms with Gasteiger partial charge in [-0.25, -0.2) is 0 Å². The van der Waals surface area contributed by atoms with Crippen LogP contribution in [-0.4, -0.2) is 11.1 Å². The van der Waals surface area contributed by atoms with Gasteiger partial charge in [0.1, 0.15) is 0 Å². The second-order valence-corrected chi connectivity index (χ2v) is 13.6. The summed E-state index contributed by atoms with van der Waals surface area (Å²) >= 11 is 0. The van der Waals surface area contributed by atoms with Crippen LogP contribution in [0, 0.1) is 12.3 Å². The lowest BCUT2D eigenvalue weighted by molar-refractivity contribution is 1.18. The molecular weight excluding hydrogens is 689 g/mol. The molecule has 0 fully saturated rings. The van der Waals surface area contributed by atoms with Crippen molar-refractivity contribution in [3.63, 3.8) is 0 Å². The first kappa shape index (κ1) is 39.9. The molecule has 2 aliphatic carbocycles. The molecule has 0 atom stereocenters. The lowest BCUT2D eigenvalue weighted by atomic mass is 9.97. The molecule has 2 nitrogen and oxygen atoms in total. The van der Waals surface area contributed by atoms with Crippen molar-refractivity contribution in [2.75, 3.05) is 11.9 Å². The standard InChI is InChI=1S/C41H34N2.C12H12.C2H6/c1-4-7-20-36-35(6-3)41-37-21-13-14-22-39(37)43(34-18-9-8-10-19-34)40(41)29-38(36)42-28-27-30(15-5-2)32-23-25-33(26-24-32)31-16-11-12-17-31;1-10-6-5-9-12(10)11-7-3-2-4-8-11;1-2/h1,5-16,18-27,29,42H,3,17,28H2,2H3;2-5,7-9H,6H2,1H3;1-2H3/b15-5-,20-7-,30-27+;;. The number of hydrogen-bond donors (Lipinski definition) is 1. The predicted octanol–water partition coefficient (Wildman–Crippen LogP) is 14.9. The molecule has 57 heavy (non-hydrogen) atoms. The summed E-state index contributed by atoms with van der Waals surface area (Å²) in [5, 5.41) is 6.06. The Hall–Kier alpha value is -6.82. The fourth-order valence-corrected chi connectivity index (χ4v) is 7.53. The summed E-state index contributed by atoms with van der Waals surface area (Å²) in [7, 11) is 0. The van der Waals surface area contributed by atoms with E-state index in [1.165, 1.54) is 44.4 Å². The third kappa shape index (κ3) is 9.02. The van der Waals surface area contributed by atoms with E-state index in [1.54, 1.807) is 6.08 Å². The predicted molar refractivity (Wildman–Crippen MR) is 252 cm³/mol. The Bertz CT molecular complexity index is 2590. The van der Waals surface area contributed by atoms with Gasteiger partial charge in [0.05, 0.1) is 11.0 Å².